The van der Waals surface area contributed by atoms with Gasteiger partial charge in [0, 0.05) is 7.05 Å². The maximum Gasteiger partial charge on any atom is 0.361 e. The van der Waals surface area contributed by atoms with Crippen molar-refractivity contribution in [3.8, 4) is 6.07 Å². The molecule has 1 aromatic rings. The highest BCUT2D eigenvalue weighted by atomic mass is 16.5. The van der Waals surface area contributed by atoms with E-state index in [0.29, 0.717) is 0 Å². The Kier molecular flexibility index (Phi) is 2.38. The average Bonchev–Trinajstić information content (AvgIpc) is 2.47. The van der Waals surface area contributed by atoms with E-state index in [1.165, 1.54) is 11.0 Å². The number of hydrogen-bond acceptors (Lipinski definition) is 5. The first-order valence-electron chi connectivity index (χ1n) is 3.14. The molecule has 62 valence electrons. The van der Waals surface area contributed by atoms with Crippen LogP contribution in [0.15, 0.2) is 6.20 Å². The van der Waals surface area contributed by atoms with E-state index in [1.54, 1.807) is 13.1 Å². The van der Waals surface area contributed by atoms with Crippen molar-refractivity contribution in [2.75, 3.05) is 6.61 Å². The van der Waals surface area contributed by atoms with Gasteiger partial charge in [-0.15, -0.1) is 5.10 Å². The summed E-state index contributed by atoms with van der Waals surface area (Å²) in [4.78, 5) is 12.2. The predicted molar refractivity (Wildman–Crippen MR) is 36.9 cm³/mol. The fraction of sp³-hybridized carbons (Fsp3) is 0.333. The summed E-state index contributed by atoms with van der Waals surface area (Å²) in [6.07, 6.45) is 1.28. The zero-order valence-electron chi connectivity index (χ0n) is 6.39. The molecule has 0 saturated carbocycles. The van der Waals surface area contributed by atoms with Crippen LogP contribution in [0.4, 0.5) is 0 Å². The first-order valence-corrected chi connectivity index (χ1v) is 3.14. The van der Waals surface area contributed by atoms with E-state index in [1.807, 2.05) is 0 Å². The van der Waals surface area contributed by atoms with Gasteiger partial charge in [0.2, 0.25) is 0 Å². The minimum absolute atomic E-state index is 0.104. The Morgan fingerprint density at radius 2 is 2.67 bits per heavy atom. The van der Waals surface area contributed by atoms with Crippen LogP contribution in [-0.4, -0.2) is 27.6 Å². The molecular weight excluding hydrogens is 160 g/mol. The molecule has 0 aromatic carbocycles. The van der Waals surface area contributed by atoms with E-state index in [0.717, 1.165) is 0 Å². The van der Waals surface area contributed by atoms with Gasteiger partial charge in [0.1, 0.15) is 6.07 Å². The Balaban J connectivity index is 2.61. The molecule has 0 aliphatic heterocycles. The molecule has 6 nitrogen and oxygen atoms in total. The minimum atomic E-state index is -0.635. The molecule has 0 amide bonds. The third-order valence-corrected chi connectivity index (χ3v) is 1.08. The molecule has 0 spiro atoms. The number of aromatic nitrogens is 3. The van der Waals surface area contributed by atoms with Crippen molar-refractivity contribution in [1.82, 2.24) is 15.0 Å². The third kappa shape index (κ3) is 1.79. The summed E-state index contributed by atoms with van der Waals surface area (Å²) in [5.41, 5.74) is 0.104. The molecule has 0 atom stereocenters. The van der Waals surface area contributed by atoms with Crippen LogP contribution in [0.25, 0.3) is 0 Å². The molecule has 1 rings (SSSR count). The van der Waals surface area contributed by atoms with Crippen LogP contribution in [0.2, 0.25) is 0 Å². The minimum Gasteiger partial charge on any atom is -0.445 e. The highest BCUT2D eigenvalue weighted by Gasteiger charge is 2.10. The van der Waals surface area contributed by atoms with Crippen molar-refractivity contribution in [3.05, 3.63) is 11.9 Å². The van der Waals surface area contributed by atoms with E-state index in [4.69, 9.17) is 5.26 Å². The normalized spacial score (nSPS) is 9.00. The van der Waals surface area contributed by atoms with Crippen LogP contribution in [0.5, 0.6) is 0 Å². The Morgan fingerprint density at radius 3 is 3.17 bits per heavy atom. The second-order valence-corrected chi connectivity index (χ2v) is 1.95. The molecule has 0 N–H and O–H groups in total. The molecule has 0 fully saturated rings. The number of ether oxygens (including phenoxy) is 1. The Morgan fingerprint density at radius 1 is 1.92 bits per heavy atom. The van der Waals surface area contributed by atoms with Crippen molar-refractivity contribution in [3.63, 3.8) is 0 Å². The lowest BCUT2D eigenvalue weighted by Gasteiger charge is -1.93. The third-order valence-electron chi connectivity index (χ3n) is 1.08. The van der Waals surface area contributed by atoms with Crippen LogP contribution >= 0.6 is 0 Å². The van der Waals surface area contributed by atoms with Gasteiger partial charge in [0.05, 0.1) is 6.20 Å². The number of carbonyl (C=O) groups is 1. The molecule has 1 aromatic heterocycles. The summed E-state index contributed by atoms with van der Waals surface area (Å²) in [6.45, 7) is -0.268. The van der Waals surface area contributed by atoms with Gasteiger partial charge in [0.15, 0.2) is 12.3 Å². The highest BCUT2D eigenvalue weighted by molar-refractivity contribution is 5.86. The zero-order valence-corrected chi connectivity index (χ0v) is 6.39. The van der Waals surface area contributed by atoms with E-state index < -0.39 is 5.97 Å². The summed E-state index contributed by atoms with van der Waals surface area (Å²) in [7, 11) is 1.58. The van der Waals surface area contributed by atoms with Crippen molar-refractivity contribution in [2.24, 2.45) is 7.05 Å². The number of aryl methyl sites for hydroxylation is 1. The Hall–Kier alpha value is -1.90. The summed E-state index contributed by atoms with van der Waals surface area (Å²) < 4.78 is 4.47. The zero-order chi connectivity index (χ0) is 8.97. The van der Waals surface area contributed by atoms with Gasteiger partial charge in [0.25, 0.3) is 0 Å². The molecule has 0 aliphatic carbocycles. The fourth-order valence-electron chi connectivity index (χ4n) is 0.611. The SMILES string of the molecule is Cn1ncc(C(=O)OCC#N)n1. The first kappa shape index (κ1) is 8.20. The number of hydrogen-bond donors (Lipinski definition) is 0. The largest absolute Gasteiger partial charge is 0.445 e. The summed E-state index contributed by atoms with van der Waals surface area (Å²) >= 11 is 0. The molecule has 0 unspecified atom stereocenters. The molecule has 1 heterocycles. The van der Waals surface area contributed by atoms with Crippen LogP contribution in [-0.2, 0) is 11.8 Å². The Bertz CT molecular complexity index is 325. The van der Waals surface area contributed by atoms with Crippen molar-refractivity contribution in [2.45, 2.75) is 0 Å². The Labute approximate surface area is 68.4 Å². The summed E-state index contributed by atoms with van der Waals surface area (Å²) in [5.74, 6) is -0.635. The van der Waals surface area contributed by atoms with Gasteiger partial charge in [-0.2, -0.15) is 15.2 Å². The fourth-order valence-corrected chi connectivity index (χ4v) is 0.611. The van der Waals surface area contributed by atoms with Crippen molar-refractivity contribution >= 4 is 5.97 Å². The molecule has 0 saturated heterocycles. The number of carbonyl (C=O) groups excluding carboxylic acids is 1. The average molecular weight is 166 g/mol. The van der Waals surface area contributed by atoms with E-state index in [2.05, 4.69) is 14.9 Å². The topological polar surface area (TPSA) is 80.8 Å². The van der Waals surface area contributed by atoms with Crippen LogP contribution < -0.4 is 0 Å². The van der Waals surface area contributed by atoms with E-state index >= 15 is 0 Å². The smallest absolute Gasteiger partial charge is 0.361 e. The lowest BCUT2D eigenvalue weighted by atomic mass is 10.5. The number of nitriles is 1. The summed E-state index contributed by atoms with van der Waals surface area (Å²) in [6, 6.07) is 1.68. The number of rotatable bonds is 2. The number of esters is 1. The lowest BCUT2D eigenvalue weighted by Crippen LogP contribution is -2.06. The van der Waals surface area contributed by atoms with Crippen molar-refractivity contribution in [1.29, 1.82) is 5.26 Å². The van der Waals surface area contributed by atoms with Gasteiger partial charge in [-0.25, -0.2) is 4.79 Å². The van der Waals surface area contributed by atoms with E-state index in [9.17, 15) is 4.79 Å². The van der Waals surface area contributed by atoms with Crippen LogP contribution in [0.3, 0.4) is 0 Å². The van der Waals surface area contributed by atoms with Gasteiger partial charge >= 0.3 is 5.97 Å². The lowest BCUT2D eigenvalue weighted by molar-refractivity contribution is 0.0547. The first-order chi connectivity index (χ1) is 5.74. The predicted octanol–water partition coefficient (Wildman–Crippen LogP) is -0.505. The molecule has 0 bridgehead atoms. The number of nitrogens with zero attached hydrogens (tertiary/aromatic N) is 4. The van der Waals surface area contributed by atoms with Crippen LogP contribution in [0.1, 0.15) is 10.5 Å². The van der Waals surface area contributed by atoms with Gasteiger partial charge < -0.3 is 4.74 Å². The molecule has 0 aliphatic rings. The standard InChI is InChI=1S/C6H6N4O2/c1-10-8-4-5(9-10)6(11)12-3-2-7/h4H,3H2,1H3. The second kappa shape index (κ2) is 3.48. The quantitative estimate of drug-likeness (QED) is 0.553. The monoisotopic (exact) mass is 166 g/mol. The maximum atomic E-state index is 10.9. The van der Waals surface area contributed by atoms with Gasteiger partial charge in [-0.1, -0.05) is 0 Å². The molecule has 6 heteroatoms. The van der Waals surface area contributed by atoms with E-state index in [-0.39, 0.29) is 12.3 Å². The van der Waals surface area contributed by atoms with Gasteiger partial charge in [-0.3, -0.25) is 0 Å². The molecule has 0 radical (unpaired) electrons. The summed E-state index contributed by atoms with van der Waals surface area (Å²) in [5, 5.41) is 15.5. The second-order valence-electron chi connectivity index (χ2n) is 1.95. The maximum absolute atomic E-state index is 10.9. The van der Waals surface area contributed by atoms with Crippen molar-refractivity contribution < 1.29 is 9.53 Å². The molecule has 12 heavy (non-hydrogen) atoms. The van der Waals surface area contributed by atoms with Crippen LogP contribution in [0, 0.1) is 11.3 Å². The molecular formula is C6H6N4O2. The van der Waals surface area contributed by atoms with Gasteiger partial charge in [-0.05, 0) is 0 Å². The highest BCUT2D eigenvalue weighted by Crippen LogP contribution is 1.93.